The molecule has 1 aromatic rings. The highest BCUT2D eigenvalue weighted by Crippen LogP contribution is 2.37. The summed E-state index contributed by atoms with van der Waals surface area (Å²) < 4.78 is 0.863. The van der Waals surface area contributed by atoms with Crippen LogP contribution in [0.25, 0.3) is 0 Å². The van der Waals surface area contributed by atoms with E-state index in [2.05, 4.69) is 32.7 Å². The first-order valence-corrected chi connectivity index (χ1v) is 7.06. The second-order valence-corrected chi connectivity index (χ2v) is 5.61. The highest BCUT2D eigenvalue weighted by atomic mass is 79.9. The molecule has 3 nitrogen and oxygen atoms in total. The Labute approximate surface area is 121 Å². The number of halogens is 2. The van der Waals surface area contributed by atoms with Crippen molar-refractivity contribution >= 4 is 27.5 Å². The number of benzene rings is 1. The number of phenolic OH excluding ortho intramolecular Hbond substituents is 1. The number of phenols is 1. The molecular formula is C13H16BrClN2O. The van der Waals surface area contributed by atoms with Crippen molar-refractivity contribution < 1.29 is 5.11 Å². The number of hydrogen-bond acceptors (Lipinski definition) is 3. The van der Waals surface area contributed by atoms with Gasteiger partial charge in [-0.05, 0) is 12.1 Å². The van der Waals surface area contributed by atoms with Gasteiger partial charge in [0.2, 0.25) is 0 Å². The van der Waals surface area contributed by atoms with Crippen molar-refractivity contribution in [3.05, 3.63) is 39.8 Å². The largest absolute Gasteiger partial charge is 0.506 e. The van der Waals surface area contributed by atoms with E-state index in [1.807, 2.05) is 12.1 Å². The Kier molecular flexibility index (Phi) is 4.67. The molecule has 0 radical (unpaired) electrons. The van der Waals surface area contributed by atoms with Gasteiger partial charge in [-0.2, -0.15) is 0 Å². The van der Waals surface area contributed by atoms with Crippen LogP contribution in [0.4, 0.5) is 0 Å². The van der Waals surface area contributed by atoms with E-state index < -0.39 is 0 Å². The third-order valence-corrected chi connectivity index (χ3v) is 3.89. The number of nitrogens with one attached hydrogen (secondary N) is 1. The van der Waals surface area contributed by atoms with Gasteiger partial charge in [-0.1, -0.05) is 33.6 Å². The SMILES string of the molecule is C=C[C@@H](c1cc(Br)cc(Cl)c1O)N1CCNCC1. The molecule has 1 fully saturated rings. The summed E-state index contributed by atoms with van der Waals surface area (Å²) in [6.07, 6.45) is 1.85. The average Bonchev–Trinajstić information content (AvgIpc) is 2.37. The summed E-state index contributed by atoms with van der Waals surface area (Å²) in [6.45, 7) is 7.65. The van der Waals surface area contributed by atoms with Gasteiger partial charge in [-0.25, -0.2) is 0 Å². The molecule has 0 aromatic heterocycles. The van der Waals surface area contributed by atoms with Crippen LogP contribution in [0.3, 0.4) is 0 Å². The zero-order valence-corrected chi connectivity index (χ0v) is 12.3. The van der Waals surface area contributed by atoms with E-state index in [9.17, 15) is 5.11 Å². The predicted octanol–water partition coefficient (Wildman–Crippen LogP) is 2.94. The summed E-state index contributed by atoms with van der Waals surface area (Å²) in [6, 6.07) is 3.58. The van der Waals surface area contributed by atoms with Crippen LogP contribution in [0.15, 0.2) is 29.3 Å². The fourth-order valence-corrected chi connectivity index (χ4v) is 3.08. The Hall–Kier alpha value is -0.550. The number of aromatic hydroxyl groups is 1. The summed E-state index contributed by atoms with van der Waals surface area (Å²) in [5, 5.41) is 13.8. The van der Waals surface area contributed by atoms with E-state index in [0.717, 1.165) is 36.2 Å². The Bertz CT molecular complexity index is 447. The lowest BCUT2D eigenvalue weighted by Crippen LogP contribution is -2.44. The summed E-state index contributed by atoms with van der Waals surface area (Å²) >= 11 is 9.42. The monoisotopic (exact) mass is 330 g/mol. The molecule has 1 atom stereocenters. The molecule has 2 N–H and O–H groups in total. The van der Waals surface area contributed by atoms with Crippen molar-refractivity contribution in [3.63, 3.8) is 0 Å². The predicted molar refractivity (Wildman–Crippen MR) is 78.2 cm³/mol. The van der Waals surface area contributed by atoms with Crippen LogP contribution in [0.2, 0.25) is 5.02 Å². The lowest BCUT2D eigenvalue weighted by atomic mass is 10.0. The zero-order chi connectivity index (χ0) is 13.1. The van der Waals surface area contributed by atoms with E-state index in [0.29, 0.717) is 5.02 Å². The second-order valence-electron chi connectivity index (χ2n) is 4.29. The lowest BCUT2D eigenvalue weighted by molar-refractivity contribution is 0.201. The average molecular weight is 332 g/mol. The molecule has 98 valence electrons. The molecule has 5 heteroatoms. The lowest BCUT2D eigenvalue weighted by Gasteiger charge is -2.33. The Morgan fingerprint density at radius 2 is 2.11 bits per heavy atom. The van der Waals surface area contributed by atoms with Crippen LogP contribution >= 0.6 is 27.5 Å². The molecule has 1 aromatic carbocycles. The van der Waals surface area contributed by atoms with Crippen LogP contribution in [0.5, 0.6) is 5.75 Å². The molecule has 0 bridgehead atoms. The van der Waals surface area contributed by atoms with Gasteiger partial charge < -0.3 is 10.4 Å². The highest BCUT2D eigenvalue weighted by Gasteiger charge is 2.23. The Balaban J connectivity index is 2.34. The van der Waals surface area contributed by atoms with Crippen LogP contribution in [0.1, 0.15) is 11.6 Å². The zero-order valence-electron chi connectivity index (χ0n) is 10.00. The van der Waals surface area contributed by atoms with Crippen molar-refractivity contribution in [2.24, 2.45) is 0 Å². The second kappa shape index (κ2) is 6.06. The molecule has 0 saturated carbocycles. The molecule has 1 saturated heterocycles. The van der Waals surface area contributed by atoms with Gasteiger partial charge >= 0.3 is 0 Å². The van der Waals surface area contributed by atoms with Gasteiger partial charge in [-0.15, -0.1) is 6.58 Å². The topological polar surface area (TPSA) is 35.5 Å². The van der Waals surface area contributed by atoms with Gasteiger partial charge in [0.05, 0.1) is 11.1 Å². The molecule has 0 spiro atoms. The summed E-state index contributed by atoms with van der Waals surface area (Å²) in [5.41, 5.74) is 0.797. The maximum atomic E-state index is 10.1. The molecule has 1 aliphatic rings. The van der Waals surface area contributed by atoms with Gasteiger partial charge in [0.1, 0.15) is 5.75 Å². The first kappa shape index (κ1) is 13.9. The van der Waals surface area contributed by atoms with Crippen molar-refractivity contribution in [3.8, 4) is 5.75 Å². The van der Waals surface area contributed by atoms with Gasteiger partial charge in [0.15, 0.2) is 0 Å². The first-order valence-electron chi connectivity index (χ1n) is 5.88. The van der Waals surface area contributed by atoms with Crippen molar-refractivity contribution in [1.82, 2.24) is 10.2 Å². The maximum absolute atomic E-state index is 10.1. The van der Waals surface area contributed by atoms with E-state index in [-0.39, 0.29) is 11.8 Å². The van der Waals surface area contributed by atoms with Crippen LogP contribution in [-0.4, -0.2) is 36.2 Å². The molecule has 0 unspecified atom stereocenters. The van der Waals surface area contributed by atoms with E-state index in [4.69, 9.17) is 11.6 Å². The summed E-state index contributed by atoms with van der Waals surface area (Å²) in [7, 11) is 0. The minimum absolute atomic E-state index is 0.0119. The minimum atomic E-state index is -0.0119. The third-order valence-electron chi connectivity index (χ3n) is 3.14. The van der Waals surface area contributed by atoms with E-state index >= 15 is 0 Å². The van der Waals surface area contributed by atoms with E-state index in [1.54, 1.807) is 6.07 Å². The van der Waals surface area contributed by atoms with E-state index in [1.165, 1.54) is 0 Å². The molecule has 0 aliphatic carbocycles. The highest BCUT2D eigenvalue weighted by molar-refractivity contribution is 9.10. The van der Waals surface area contributed by atoms with Gasteiger partial charge in [-0.3, -0.25) is 4.90 Å². The molecule has 1 aliphatic heterocycles. The summed E-state index contributed by atoms with van der Waals surface area (Å²) in [5.74, 6) is 0.142. The first-order chi connectivity index (χ1) is 8.63. The summed E-state index contributed by atoms with van der Waals surface area (Å²) in [4.78, 5) is 2.28. The minimum Gasteiger partial charge on any atom is -0.506 e. The maximum Gasteiger partial charge on any atom is 0.139 e. The molecule has 0 amide bonds. The Morgan fingerprint density at radius 3 is 2.72 bits per heavy atom. The fourth-order valence-electron chi connectivity index (χ4n) is 2.24. The fraction of sp³-hybridized carbons (Fsp3) is 0.385. The van der Waals surface area contributed by atoms with Gasteiger partial charge in [0, 0.05) is 36.2 Å². The standard InChI is InChI=1S/C13H16BrClN2O/c1-2-12(17-5-3-16-4-6-17)10-7-9(14)8-11(15)13(10)18/h2,7-8,12,16,18H,1,3-6H2/t12-/m0/s1. The van der Waals surface area contributed by atoms with Crippen LogP contribution < -0.4 is 5.32 Å². The van der Waals surface area contributed by atoms with Gasteiger partial charge in [0.25, 0.3) is 0 Å². The molecular weight excluding hydrogens is 316 g/mol. The quantitative estimate of drug-likeness (QED) is 0.836. The number of rotatable bonds is 3. The molecule has 2 rings (SSSR count). The molecule has 18 heavy (non-hydrogen) atoms. The number of piperazine rings is 1. The Morgan fingerprint density at radius 1 is 1.44 bits per heavy atom. The van der Waals surface area contributed by atoms with Crippen molar-refractivity contribution in [2.75, 3.05) is 26.2 Å². The van der Waals surface area contributed by atoms with Crippen LogP contribution in [0, 0.1) is 0 Å². The smallest absolute Gasteiger partial charge is 0.139 e. The normalized spacial score (nSPS) is 18.6. The van der Waals surface area contributed by atoms with Crippen LogP contribution in [-0.2, 0) is 0 Å². The molecule has 1 heterocycles. The number of nitrogens with zero attached hydrogens (tertiary/aromatic N) is 1. The van der Waals surface area contributed by atoms with Crippen molar-refractivity contribution in [1.29, 1.82) is 0 Å². The number of hydrogen-bond donors (Lipinski definition) is 2. The van der Waals surface area contributed by atoms with Crippen molar-refractivity contribution in [2.45, 2.75) is 6.04 Å². The third kappa shape index (κ3) is 2.88.